The summed E-state index contributed by atoms with van der Waals surface area (Å²) in [4.78, 5) is 29.4. The summed E-state index contributed by atoms with van der Waals surface area (Å²) >= 11 is 0. The van der Waals surface area contributed by atoms with Gasteiger partial charge in [-0.3, -0.25) is 0 Å². The monoisotopic (exact) mass is 364 g/mol. The van der Waals surface area contributed by atoms with Gasteiger partial charge in [0.1, 0.15) is 17.5 Å². The lowest BCUT2D eigenvalue weighted by Gasteiger charge is -2.13. The first-order chi connectivity index (χ1) is 12.3. The maximum absolute atomic E-state index is 13.8. The number of urea groups is 1. The molecule has 1 aromatic carbocycles. The van der Waals surface area contributed by atoms with Crippen LogP contribution in [-0.2, 0) is 11.3 Å². The molecule has 0 bridgehead atoms. The number of methoxy groups -OCH3 is 1. The van der Waals surface area contributed by atoms with Crippen LogP contribution in [0.2, 0.25) is 0 Å². The van der Waals surface area contributed by atoms with Gasteiger partial charge in [-0.25, -0.2) is 23.4 Å². The molecule has 0 atom stereocenters. The van der Waals surface area contributed by atoms with Gasteiger partial charge in [0.05, 0.1) is 18.4 Å². The summed E-state index contributed by atoms with van der Waals surface area (Å²) in [5.41, 5.74) is -0.0318. The number of amides is 2. The van der Waals surface area contributed by atoms with Crippen molar-refractivity contribution in [2.24, 2.45) is 0 Å². The second kappa shape index (κ2) is 8.24. The van der Waals surface area contributed by atoms with Gasteiger partial charge in [-0.2, -0.15) is 0 Å². The van der Waals surface area contributed by atoms with E-state index in [1.807, 2.05) is 19.0 Å². The molecule has 1 heterocycles. The number of aromatic nitrogens is 1. The summed E-state index contributed by atoms with van der Waals surface area (Å²) in [6, 6.07) is 4.19. The molecule has 0 radical (unpaired) electrons. The van der Waals surface area contributed by atoms with E-state index < -0.39 is 29.2 Å². The van der Waals surface area contributed by atoms with Crippen LogP contribution in [0.3, 0.4) is 0 Å². The minimum Gasteiger partial charge on any atom is -0.465 e. The molecule has 0 saturated heterocycles. The van der Waals surface area contributed by atoms with Gasteiger partial charge in [0.15, 0.2) is 0 Å². The highest BCUT2D eigenvalue weighted by molar-refractivity contribution is 5.94. The minimum absolute atomic E-state index is 0.169. The number of nitrogens with zero attached hydrogens (tertiary/aromatic N) is 2. The summed E-state index contributed by atoms with van der Waals surface area (Å²) in [7, 11) is 4.74. The molecular weight excluding hydrogens is 346 g/mol. The van der Waals surface area contributed by atoms with E-state index >= 15 is 0 Å². The first kappa shape index (κ1) is 19.1. The first-order valence-electron chi connectivity index (χ1n) is 7.56. The highest BCUT2D eigenvalue weighted by atomic mass is 19.1. The largest absolute Gasteiger partial charge is 0.465 e. The fourth-order valence-corrected chi connectivity index (χ4v) is 2.08. The summed E-state index contributed by atoms with van der Waals surface area (Å²) in [6.45, 7) is 0.169. The first-order valence-corrected chi connectivity index (χ1v) is 7.56. The van der Waals surface area contributed by atoms with Crippen molar-refractivity contribution in [2.75, 3.05) is 31.4 Å². The zero-order chi connectivity index (χ0) is 19.3. The van der Waals surface area contributed by atoms with Crippen molar-refractivity contribution >= 4 is 23.5 Å². The molecule has 138 valence electrons. The van der Waals surface area contributed by atoms with E-state index in [4.69, 9.17) is 0 Å². The van der Waals surface area contributed by atoms with Gasteiger partial charge in [-0.15, -0.1) is 0 Å². The van der Waals surface area contributed by atoms with Gasteiger partial charge < -0.3 is 20.3 Å². The number of hydrogen-bond acceptors (Lipinski definition) is 5. The lowest BCUT2D eigenvalue weighted by molar-refractivity contribution is 0.0595. The Morgan fingerprint density at radius 2 is 1.92 bits per heavy atom. The van der Waals surface area contributed by atoms with Crippen molar-refractivity contribution in [3.05, 3.63) is 53.2 Å². The van der Waals surface area contributed by atoms with E-state index in [-0.39, 0.29) is 12.2 Å². The number of ether oxygens (including phenoxy) is 1. The average Bonchev–Trinajstić information content (AvgIpc) is 2.61. The lowest BCUT2D eigenvalue weighted by Crippen LogP contribution is -2.29. The fourth-order valence-electron chi connectivity index (χ4n) is 2.08. The predicted molar refractivity (Wildman–Crippen MR) is 92.1 cm³/mol. The highest BCUT2D eigenvalue weighted by Gasteiger charge is 2.17. The van der Waals surface area contributed by atoms with Crippen molar-refractivity contribution in [3.63, 3.8) is 0 Å². The number of rotatable bonds is 5. The molecule has 0 aliphatic rings. The second-order valence-electron chi connectivity index (χ2n) is 5.53. The van der Waals surface area contributed by atoms with E-state index in [2.05, 4.69) is 20.4 Å². The van der Waals surface area contributed by atoms with Crippen molar-refractivity contribution in [1.82, 2.24) is 10.3 Å². The summed E-state index contributed by atoms with van der Waals surface area (Å²) in [5.74, 6) is -2.34. The van der Waals surface area contributed by atoms with Crippen molar-refractivity contribution < 1.29 is 23.1 Å². The Balaban J connectivity index is 2.06. The minimum atomic E-state index is -1.08. The number of pyridine rings is 1. The Bertz CT molecular complexity index is 828. The van der Waals surface area contributed by atoms with Crippen molar-refractivity contribution in [2.45, 2.75) is 6.54 Å². The molecule has 2 aromatic rings. The molecule has 2 amide bonds. The van der Waals surface area contributed by atoms with E-state index in [1.165, 1.54) is 0 Å². The van der Waals surface area contributed by atoms with Crippen molar-refractivity contribution in [1.29, 1.82) is 0 Å². The molecule has 0 aliphatic heterocycles. The Labute approximate surface area is 149 Å². The maximum atomic E-state index is 13.8. The van der Waals surface area contributed by atoms with Gasteiger partial charge in [0, 0.05) is 32.9 Å². The molecule has 1 aromatic heterocycles. The second-order valence-corrected chi connectivity index (χ2v) is 5.53. The number of carbonyl (C=O) groups excluding carboxylic acids is 2. The van der Waals surface area contributed by atoms with Crippen LogP contribution in [0, 0.1) is 11.6 Å². The van der Waals surface area contributed by atoms with Crippen LogP contribution in [-0.4, -0.2) is 38.2 Å². The molecule has 7 nitrogen and oxygen atoms in total. The molecule has 26 heavy (non-hydrogen) atoms. The average molecular weight is 364 g/mol. The van der Waals surface area contributed by atoms with Gasteiger partial charge in [0.25, 0.3) is 0 Å². The number of hydrogen-bond donors (Lipinski definition) is 2. The standard InChI is InChI=1S/C17H18F2N4O3/c1-23(2)15-6-10(4-5-20-15)9-21-17(25)22-14-7-11(16(24)26-3)12(18)8-13(14)19/h4-8H,9H2,1-3H3,(H2,21,22,25). The third-order valence-electron chi connectivity index (χ3n) is 3.43. The number of benzene rings is 1. The zero-order valence-corrected chi connectivity index (χ0v) is 14.5. The van der Waals surface area contributed by atoms with E-state index in [1.54, 1.807) is 18.3 Å². The SMILES string of the molecule is COC(=O)c1cc(NC(=O)NCc2ccnc(N(C)C)c2)c(F)cc1F. The van der Waals surface area contributed by atoms with Gasteiger partial charge in [-0.1, -0.05) is 0 Å². The molecule has 0 unspecified atom stereocenters. The third kappa shape index (κ3) is 4.65. The molecule has 0 saturated carbocycles. The topological polar surface area (TPSA) is 83.6 Å². The van der Waals surface area contributed by atoms with Crippen LogP contribution >= 0.6 is 0 Å². The van der Waals surface area contributed by atoms with Crippen molar-refractivity contribution in [3.8, 4) is 0 Å². The number of nitrogens with one attached hydrogen (secondary N) is 2. The van der Waals surface area contributed by atoms with E-state index in [0.29, 0.717) is 6.07 Å². The van der Waals surface area contributed by atoms with Crippen LogP contribution in [0.5, 0.6) is 0 Å². The molecule has 0 spiro atoms. The van der Waals surface area contributed by atoms with Gasteiger partial charge in [-0.05, 0) is 23.8 Å². The molecular formula is C17H18F2N4O3. The molecule has 9 heteroatoms. The number of anilines is 2. The Hall–Kier alpha value is -3.23. The molecule has 0 aliphatic carbocycles. The van der Waals surface area contributed by atoms with Crippen LogP contribution in [0.25, 0.3) is 0 Å². The Morgan fingerprint density at radius 3 is 2.58 bits per heavy atom. The Morgan fingerprint density at radius 1 is 1.19 bits per heavy atom. The predicted octanol–water partition coefficient (Wildman–Crippen LogP) is 2.53. The number of esters is 1. The Kier molecular flexibility index (Phi) is 6.05. The van der Waals surface area contributed by atoms with Gasteiger partial charge in [0.2, 0.25) is 0 Å². The summed E-state index contributed by atoms with van der Waals surface area (Å²) in [6.07, 6.45) is 1.60. The summed E-state index contributed by atoms with van der Waals surface area (Å²) in [5, 5.41) is 4.78. The summed E-state index contributed by atoms with van der Waals surface area (Å²) < 4.78 is 31.8. The molecule has 2 N–H and O–H groups in total. The molecule has 0 fully saturated rings. The van der Waals surface area contributed by atoms with E-state index in [0.717, 1.165) is 24.6 Å². The smallest absolute Gasteiger partial charge is 0.340 e. The van der Waals surface area contributed by atoms with Crippen LogP contribution in [0.1, 0.15) is 15.9 Å². The lowest BCUT2D eigenvalue weighted by atomic mass is 10.2. The highest BCUT2D eigenvalue weighted by Crippen LogP contribution is 2.20. The van der Waals surface area contributed by atoms with Crippen LogP contribution in [0.15, 0.2) is 30.5 Å². The van der Waals surface area contributed by atoms with Gasteiger partial charge >= 0.3 is 12.0 Å². The quantitative estimate of drug-likeness (QED) is 0.797. The van der Waals surface area contributed by atoms with Crippen LogP contribution < -0.4 is 15.5 Å². The zero-order valence-electron chi connectivity index (χ0n) is 14.5. The molecule has 2 rings (SSSR count). The maximum Gasteiger partial charge on any atom is 0.340 e. The van der Waals surface area contributed by atoms with Crippen LogP contribution in [0.4, 0.5) is 25.1 Å². The number of halogens is 2. The van der Waals surface area contributed by atoms with E-state index in [9.17, 15) is 18.4 Å². The normalized spacial score (nSPS) is 10.2. The third-order valence-corrected chi connectivity index (χ3v) is 3.43. The number of carbonyl (C=O) groups is 2. The fraction of sp³-hybridized carbons (Fsp3) is 0.235.